The number of nitrogens with zero attached hydrogens (tertiary/aromatic N) is 1. The van der Waals surface area contributed by atoms with E-state index in [4.69, 9.17) is 5.73 Å². The van der Waals surface area contributed by atoms with Gasteiger partial charge >= 0.3 is 0 Å². The first kappa shape index (κ1) is 17.5. The van der Waals surface area contributed by atoms with Crippen LogP contribution < -0.4 is 5.73 Å². The van der Waals surface area contributed by atoms with Crippen LogP contribution in [-0.2, 0) is 4.79 Å². The van der Waals surface area contributed by atoms with E-state index in [0.29, 0.717) is 36.8 Å². The van der Waals surface area contributed by atoms with E-state index in [0.717, 1.165) is 19.4 Å². The van der Waals surface area contributed by atoms with Crippen LogP contribution in [-0.4, -0.2) is 29.9 Å². The lowest BCUT2D eigenvalue weighted by molar-refractivity contribution is -0.133. The average Bonchev–Trinajstić information content (AvgIpc) is 2.81. The summed E-state index contributed by atoms with van der Waals surface area (Å²) in [6, 6.07) is 0.463. The highest BCUT2D eigenvalue weighted by Gasteiger charge is 2.31. The van der Waals surface area contributed by atoms with Crippen LogP contribution in [0.15, 0.2) is 0 Å². The van der Waals surface area contributed by atoms with E-state index < -0.39 is 0 Å². The summed E-state index contributed by atoms with van der Waals surface area (Å²) in [5.74, 6) is 1.47. The number of hydrogen-bond acceptors (Lipinski definition) is 2. The van der Waals surface area contributed by atoms with Gasteiger partial charge in [0.05, 0.1) is 0 Å². The Balaban J connectivity index is 2.53. The van der Waals surface area contributed by atoms with Crippen LogP contribution in [0.4, 0.5) is 0 Å². The first-order valence-corrected chi connectivity index (χ1v) is 8.27. The number of amides is 1. The number of likely N-dealkylation sites (tertiary alicyclic amines) is 1. The highest BCUT2D eigenvalue weighted by Crippen LogP contribution is 2.33. The summed E-state index contributed by atoms with van der Waals surface area (Å²) in [7, 11) is 0. The largest absolute Gasteiger partial charge is 0.339 e. The fourth-order valence-corrected chi connectivity index (χ4v) is 3.45. The van der Waals surface area contributed by atoms with Gasteiger partial charge in [-0.1, -0.05) is 34.6 Å². The first-order valence-electron chi connectivity index (χ1n) is 8.27. The molecule has 2 atom stereocenters. The van der Waals surface area contributed by atoms with Crippen molar-refractivity contribution in [2.24, 2.45) is 23.0 Å². The van der Waals surface area contributed by atoms with Crippen molar-refractivity contribution in [3.63, 3.8) is 0 Å². The number of hydrogen-bond donors (Lipinski definition) is 1. The third-order valence-corrected chi connectivity index (χ3v) is 4.84. The predicted octanol–water partition coefficient (Wildman–Crippen LogP) is 3.42. The van der Waals surface area contributed by atoms with Gasteiger partial charge in [0.15, 0.2) is 0 Å². The van der Waals surface area contributed by atoms with Crippen molar-refractivity contribution in [1.29, 1.82) is 0 Å². The second-order valence-electron chi connectivity index (χ2n) is 7.72. The van der Waals surface area contributed by atoms with Gasteiger partial charge in [0, 0.05) is 19.0 Å². The molecule has 0 aliphatic carbocycles. The molecule has 1 saturated heterocycles. The molecule has 0 saturated carbocycles. The molecule has 0 aromatic heterocycles. The van der Waals surface area contributed by atoms with Crippen molar-refractivity contribution in [2.75, 3.05) is 13.1 Å². The zero-order valence-corrected chi connectivity index (χ0v) is 14.1. The molecule has 3 nitrogen and oxygen atoms in total. The Kier molecular flexibility index (Phi) is 6.50. The molecule has 1 rings (SSSR count). The van der Waals surface area contributed by atoms with Gasteiger partial charge in [-0.05, 0) is 49.5 Å². The van der Waals surface area contributed by atoms with Crippen LogP contribution in [0, 0.1) is 17.3 Å². The molecule has 2 N–H and O–H groups in total. The molecule has 0 aromatic carbocycles. The van der Waals surface area contributed by atoms with Crippen molar-refractivity contribution in [1.82, 2.24) is 4.90 Å². The highest BCUT2D eigenvalue weighted by atomic mass is 16.2. The Labute approximate surface area is 125 Å². The van der Waals surface area contributed by atoms with Crippen molar-refractivity contribution in [3.05, 3.63) is 0 Å². The molecule has 20 heavy (non-hydrogen) atoms. The van der Waals surface area contributed by atoms with Gasteiger partial charge < -0.3 is 10.6 Å². The smallest absolute Gasteiger partial charge is 0.222 e. The van der Waals surface area contributed by atoms with Gasteiger partial charge in [0.1, 0.15) is 0 Å². The van der Waals surface area contributed by atoms with Crippen molar-refractivity contribution >= 4 is 5.91 Å². The standard InChI is InChI=1S/C17H34N2O/c1-13(2)15-7-6-12-19(15)16(20)9-8-14(10-11-18)17(3,4)5/h13-15H,6-12,18H2,1-5H3. The molecule has 1 fully saturated rings. The molecular weight excluding hydrogens is 248 g/mol. The molecule has 118 valence electrons. The third kappa shape index (κ3) is 4.76. The van der Waals surface area contributed by atoms with Gasteiger partial charge in [-0.3, -0.25) is 4.79 Å². The van der Waals surface area contributed by atoms with Gasteiger partial charge in [0.25, 0.3) is 0 Å². The summed E-state index contributed by atoms with van der Waals surface area (Å²) >= 11 is 0. The molecule has 1 aliphatic heterocycles. The molecule has 2 unspecified atom stereocenters. The molecule has 0 radical (unpaired) electrons. The maximum Gasteiger partial charge on any atom is 0.222 e. The van der Waals surface area contributed by atoms with Crippen LogP contribution >= 0.6 is 0 Å². The molecular formula is C17H34N2O. The molecule has 0 spiro atoms. The Morgan fingerprint density at radius 2 is 1.95 bits per heavy atom. The van der Waals surface area contributed by atoms with Crippen molar-refractivity contribution in [3.8, 4) is 0 Å². The van der Waals surface area contributed by atoms with Gasteiger partial charge in [-0.15, -0.1) is 0 Å². The lowest BCUT2D eigenvalue weighted by Crippen LogP contribution is -2.39. The van der Waals surface area contributed by atoms with E-state index in [1.165, 1.54) is 12.8 Å². The minimum atomic E-state index is 0.238. The van der Waals surface area contributed by atoms with E-state index in [-0.39, 0.29) is 5.41 Å². The van der Waals surface area contributed by atoms with E-state index >= 15 is 0 Å². The maximum absolute atomic E-state index is 12.5. The number of carbonyl (C=O) groups excluding carboxylic acids is 1. The third-order valence-electron chi connectivity index (χ3n) is 4.84. The molecule has 1 aliphatic rings. The summed E-state index contributed by atoms with van der Waals surface area (Å²) in [5.41, 5.74) is 5.96. The SMILES string of the molecule is CC(C)C1CCCN1C(=O)CCC(CCN)C(C)(C)C. The summed E-state index contributed by atoms with van der Waals surface area (Å²) < 4.78 is 0. The summed E-state index contributed by atoms with van der Waals surface area (Å²) in [5, 5.41) is 0. The predicted molar refractivity (Wildman–Crippen MR) is 85.4 cm³/mol. The number of nitrogens with two attached hydrogens (primary N) is 1. The van der Waals surface area contributed by atoms with Crippen LogP contribution in [0.3, 0.4) is 0 Å². The van der Waals surface area contributed by atoms with Gasteiger partial charge in [-0.25, -0.2) is 0 Å². The minimum Gasteiger partial charge on any atom is -0.339 e. The zero-order chi connectivity index (χ0) is 15.3. The summed E-state index contributed by atoms with van der Waals surface area (Å²) in [6.07, 6.45) is 5.02. The van der Waals surface area contributed by atoms with Gasteiger partial charge in [-0.2, -0.15) is 0 Å². The average molecular weight is 282 g/mol. The van der Waals surface area contributed by atoms with E-state index in [1.807, 2.05) is 0 Å². The Bertz CT molecular complexity index is 307. The molecule has 0 bridgehead atoms. The molecule has 1 heterocycles. The fraction of sp³-hybridized carbons (Fsp3) is 0.941. The highest BCUT2D eigenvalue weighted by molar-refractivity contribution is 5.76. The second kappa shape index (κ2) is 7.44. The molecule has 3 heteroatoms. The second-order valence-corrected chi connectivity index (χ2v) is 7.72. The van der Waals surface area contributed by atoms with E-state index in [9.17, 15) is 4.79 Å². The molecule has 1 amide bonds. The lowest BCUT2D eigenvalue weighted by Gasteiger charge is -2.32. The van der Waals surface area contributed by atoms with Gasteiger partial charge in [0.2, 0.25) is 5.91 Å². The topological polar surface area (TPSA) is 46.3 Å². The monoisotopic (exact) mass is 282 g/mol. The lowest BCUT2D eigenvalue weighted by atomic mass is 9.76. The quantitative estimate of drug-likeness (QED) is 0.811. The number of carbonyl (C=O) groups is 1. The Hall–Kier alpha value is -0.570. The Morgan fingerprint density at radius 1 is 1.30 bits per heavy atom. The maximum atomic E-state index is 12.5. The van der Waals surface area contributed by atoms with Crippen LogP contribution in [0.5, 0.6) is 0 Å². The van der Waals surface area contributed by atoms with Crippen molar-refractivity contribution < 1.29 is 4.79 Å². The zero-order valence-electron chi connectivity index (χ0n) is 14.1. The van der Waals surface area contributed by atoms with Crippen LogP contribution in [0.1, 0.15) is 66.7 Å². The number of rotatable bonds is 6. The van der Waals surface area contributed by atoms with Crippen LogP contribution in [0.2, 0.25) is 0 Å². The first-order chi connectivity index (χ1) is 9.27. The minimum absolute atomic E-state index is 0.238. The summed E-state index contributed by atoms with van der Waals surface area (Å²) in [6.45, 7) is 12.9. The fourth-order valence-electron chi connectivity index (χ4n) is 3.45. The van der Waals surface area contributed by atoms with E-state index in [1.54, 1.807) is 0 Å². The summed E-state index contributed by atoms with van der Waals surface area (Å²) in [4.78, 5) is 14.6. The normalized spacial score (nSPS) is 21.6. The van der Waals surface area contributed by atoms with Crippen LogP contribution in [0.25, 0.3) is 0 Å². The Morgan fingerprint density at radius 3 is 2.45 bits per heavy atom. The van der Waals surface area contributed by atoms with E-state index in [2.05, 4.69) is 39.5 Å². The van der Waals surface area contributed by atoms with Crippen molar-refractivity contribution in [2.45, 2.75) is 72.8 Å². The molecule has 0 aromatic rings.